The van der Waals surface area contributed by atoms with Crippen molar-refractivity contribution < 1.29 is 43.9 Å². The van der Waals surface area contributed by atoms with E-state index in [-0.39, 0.29) is 11.9 Å². The molecule has 2 rings (SSSR count). The number of hydrogen-bond donors (Lipinski definition) is 4. The van der Waals surface area contributed by atoms with E-state index in [0.29, 0.717) is 6.61 Å². The van der Waals surface area contributed by atoms with E-state index in [1.54, 1.807) is 12.1 Å². The molecule has 0 saturated carbocycles. The summed E-state index contributed by atoms with van der Waals surface area (Å²) >= 11 is 0. The molecule has 10 heteroatoms. The van der Waals surface area contributed by atoms with E-state index >= 15 is 0 Å². The molecule has 2 aromatic carbocycles. The lowest BCUT2D eigenvalue weighted by atomic mass is 9.96. The first-order chi connectivity index (χ1) is 16.5. The number of hydrogen-bond acceptors (Lipinski definition) is 6. The lowest BCUT2D eigenvalue weighted by Gasteiger charge is -2.22. The van der Waals surface area contributed by atoms with Crippen LogP contribution in [0.1, 0.15) is 43.9 Å². The molecule has 2 aromatic rings. The van der Waals surface area contributed by atoms with E-state index in [1.807, 2.05) is 30.3 Å². The Hall–Kier alpha value is -3.34. The number of aliphatic carboxylic acids is 3. The zero-order valence-corrected chi connectivity index (χ0v) is 19.8. The highest BCUT2D eigenvalue weighted by Gasteiger charge is 2.40. The number of carboxylic acid groups (broad SMARTS) is 3. The van der Waals surface area contributed by atoms with E-state index in [2.05, 4.69) is 18.7 Å². The maximum Gasteiger partial charge on any atom is 0.336 e. The predicted octanol–water partition coefficient (Wildman–Crippen LogP) is 3.03. The van der Waals surface area contributed by atoms with Crippen LogP contribution in [0, 0.1) is 5.82 Å². The van der Waals surface area contributed by atoms with Crippen LogP contribution in [0.4, 0.5) is 4.39 Å². The average Bonchev–Trinajstić information content (AvgIpc) is 2.80. The fourth-order valence-corrected chi connectivity index (χ4v) is 3.20. The van der Waals surface area contributed by atoms with E-state index in [9.17, 15) is 18.8 Å². The van der Waals surface area contributed by atoms with E-state index in [1.165, 1.54) is 12.1 Å². The molecule has 0 aromatic heterocycles. The molecule has 0 bridgehead atoms. The Kier molecular flexibility index (Phi) is 12.6. The van der Waals surface area contributed by atoms with Crippen LogP contribution < -0.4 is 0 Å². The molecular formula is C25H32FNO8. The van der Waals surface area contributed by atoms with Crippen LogP contribution in [0.5, 0.6) is 0 Å². The Morgan fingerprint density at radius 1 is 0.886 bits per heavy atom. The van der Waals surface area contributed by atoms with Crippen LogP contribution in [0.3, 0.4) is 0 Å². The topological polar surface area (TPSA) is 145 Å². The number of halogens is 1. The van der Waals surface area contributed by atoms with Crippen LogP contribution in [-0.4, -0.2) is 75.1 Å². The number of likely N-dealkylation sites (N-methyl/N-ethyl adjacent to an activating group) is 1. The van der Waals surface area contributed by atoms with Crippen LogP contribution in [0.2, 0.25) is 0 Å². The molecule has 0 spiro atoms. The van der Waals surface area contributed by atoms with Gasteiger partial charge in [0.2, 0.25) is 0 Å². The lowest BCUT2D eigenvalue weighted by molar-refractivity contribution is -0.170. The van der Waals surface area contributed by atoms with Gasteiger partial charge in [-0.1, -0.05) is 56.3 Å². The molecule has 0 aliphatic heterocycles. The number of ether oxygens (including phenoxy) is 1. The highest BCUT2D eigenvalue weighted by molar-refractivity contribution is 5.88. The van der Waals surface area contributed by atoms with Gasteiger partial charge in [0.05, 0.1) is 19.4 Å². The van der Waals surface area contributed by atoms with E-state index in [0.717, 1.165) is 30.8 Å². The smallest absolute Gasteiger partial charge is 0.336 e. The number of rotatable bonds is 13. The molecule has 1 atom stereocenters. The van der Waals surface area contributed by atoms with Gasteiger partial charge in [-0.15, -0.1) is 0 Å². The third-order valence-corrected chi connectivity index (χ3v) is 5.15. The van der Waals surface area contributed by atoms with Gasteiger partial charge in [0.15, 0.2) is 5.60 Å². The minimum Gasteiger partial charge on any atom is -0.481 e. The van der Waals surface area contributed by atoms with E-state index in [4.69, 9.17) is 25.2 Å². The summed E-state index contributed by atoms with van der Waals surface area (Å²) in [6, 6.07) is 16.6. The number of aliphatic hydroxyl groups is 1. The Balaban J connectivity index is 0.000000405. The fraction of sp³-hybridized carbons (Fsp3) is 0.400. The van der Waals surface area contributed by atoms with Crippen molar-refractivity contribution in [3.63, 3.8) is 0 Å². The highest BCUT2D eigenvalue weighted by Crippen LogP contribution is 2.26. The van der Waals surface area contributed by atoms with Crippen molar-refractivity contribution in [2.75, 3.05) is 26.2 Å². The van der Waals surface area contributed by atoms with Gasteiger partial charge in [0.1, 0.15) is 11.9 Å². The molecule has 0 aliphatic rings. The summed E-state index contributed by atoms with van der Waals surface area (Å²) in [6.07, 6.45) is -2.44. The standard InChI is InChI=1S/C19H24FNO.C6H8O7/c1-3-21(4-2)14-15-22-19(16-8-6-5-7-9-16)17-10-12-18(20)13-11-17;7-3(8)1-6(13,5(11)12)2-4(9)10/h5-13,19H,3-4,14-15H2,1-2H3;13H,1-2H2,(H,7,8)(H,9,10)(H,11,12). The number of benzene rings is 2. The van der Waals surface area contributed by atoms with Crippen LogP contribution in [0.25, 0.3) is 0 Å². The average molecular weight is 494 g/mol. The van der Waals surface area contributed by atoms with Crippen LogP contribution >= 0.6 is 0 Å². The first-order valence-electron chi connectivity index (χ1n) is 11.1. The van der Waals surface area contributed by atoms with Gasteiger partial charge in [0, 0.05) is 6.54 Å². The Morgan fingerprint density at radius 3 is 1.80 bits per heavy atom. The zero-order valence-electron chi connectivity index (χ0n) is 19.8. The maximum atomic E-state index is 13.2. The van der Waals surface area contributed by atoms with Crippen molar-refractivity contribution in [3.05, 3.63) is 71.5 Å². The summed E-state index contributed by atoms with van der Waals surface area (Å²) < 4.78 is 19.3. The minimum atomic E-state index is -2.74. The molecule has 1 unspecified atom stereocenters. The van der Waals surface area contributed by atoms with Gasteiger partial charge in [-0.3, -0.25) is 9.59 Å². The summed E-state index contributed by atoms with van der Waals surface area (Å²) in [7, 11) is 0. The molecule has 0 heterocycles. The maximum absolute atomic E-state index is 13.2. The van der Waals surface area contributed by atoms with Crippen LogP contribution in [-0.2, 0) is 19.1 Å². The summed E-state index contributed by atoms with van der Waals surface area (Å²) in [5, 5.41) is 33.8. The molecule has 0 saturated heterocycles. The first kappa shape index (κ1) is 29.7. The molecule has 0 aliphatic carbocycles. The Labute approximate surface area is 203 Å². The molecular weight excluding hydrogens is 461 g/mol. The Bertz CT molecular complexity index is 916. The first-order valence-corrected chi connectivity index (χ1v) is 11.1. The van der Waals surface area contributed by atoms with Gasteiger partial charge in [-0.2, -0.15) is 0 Å². The van der Waals surface area contributed by atoms with Crippen molar-refractivity contribution in [3.8, 4) is 0 Å². The Morgan fingerprint density at radius 2 is 1.37 bits per heavy atom. The molecule has 0 amide bonds. The molecule has 4 N–H and O–H groups in total. The number of carbonyl (C=O) groups is 3. The van der Waals surface area contributed by atoms with Crippen molar-refractivity contribution in [1.82, 2.24) is 4.90 Å². The second-order valence-corrected chi connectivity index (χ2v) is 7.72. The minimum absolute atomic E-state index is 0.155. The summed E-state index contributed by atoms with van der Waals surface area (Å²) in [6.45, 7) is 7.89. The van der Waals surface area contributed by atoms with Crippen molar-refractivity contribution in [2.45, 2.75) is 38.4 Å². The number of carboxylic acids is 3. The lowest BCUT2D eigenvalue weighted by Crippen LogP contribution is -2.42. The van der Waals surface area contributed by atoms with Gasteiger partial charge in [0.25, 0.3) is 0 Å². The number of nitrogens with zero attached hydrogens (tertiary/aromatic N) is 1. The molecule has 192 valence electrons. The van der Waals surface area contributed by atoms with Gasteiger partial charge < -0.3 is 30.1 Å². The normalized spacial score (nSPS) is 11.9. The quantitative estimate of drug-likeness (QED) is 0.331. The molecule has 0 radical (unpaired) electrons. The largest absolute Gasteiger partial charge is 0.481 e. The summed E-state index contributed by atoms with van der Waals surface area (Å²) in [5.41, 5.74) is -0.668. The monoisotopic (exact) mass is 493 g/mol. The van der Waals surface area contributed by atoms with Gasteiger partial charge >= 0.3 is 17.9 Å². The van der Waals surface area contributed by atoms with Crippen molar-refractivity contribution in [1.29, 1.82) is 0 Å². The third-order valence-electron chi connectivity index (χ3n) is 5.15. The second-order valence-electron chi connectivity index (χ2n) is 7.72. The third kappa shape index (κ3) is 10.6. The molecule has 35 heavy (non-hydrogen) atoms. The van der Waals surface area contributed by atoms with Crippen molar-refractivity contribution in [2.24, 2.45) is 0 Å². The van der Waals surface area contributed by atoms with Crippen LogP contribution in [0.15, 0.2) is 54.6 Å². The van der Waals surface area contributed by atoms with Gasteiger partial charge in [-0.05, 0) is 36.3 Å². The highest BCUT2D eigenvalue weighted by atomic mass is 19.1. The summed E-state index contributed by atoms with van der Waals surface area (Å²) in [4.78, 5) is 32.8. The predicted molar refractivity (Wildman–Crippen MR) is 126 cm³/mol. The molecule has 9 nitrogen and oxygen atoms in total. The second kappa shape index (κ2) is 14.8. The summed E-state index contributed by atoms with van der Waals surface area (Å²) in [5.74, 6) is -5.24. The fourth-order valence-electron chi connectivity index (χ4n) is 3.20. The SMILES string of the molecule is CCN(CC)CCOC(c1ccccc1)c1ccc(F)cc1.O=C(O)CC(O)(CC(=O)O)C(=O)O. The molecule has 0 fully saturated rings. The van der Waals surface area contributed by atoms with E-state index < -0.39 is 36.4 Å². The van der Waals surface area contributed by atoms with Crippen molar-refractivity contribution >= 4 is 17.9 Å². The zero-order chi connectivity index (χ0) is 26.4. The van der Waals surface area contributed by atoms with Gasteiger partial charge in [-0.25, -0.2) is 9.18 Å².